The summed E-state index contributed by atoms with van der Waals surface area (Å²) in [6.45, 7) is 1.92. The Labute approximate surface area is 132 Å². The second-order valence-electron chi connectivity index (χ2n) is 5.05. The molecule has 0 bridgehead atoms. The summed E-state index contributed by atoms with van der Waals surface area (Å²) < 4.78 is 5.66. The Morgan fingerprint density at radius 2 is 2.09 bits per heavy atom. The number of H-pyrrole nitrogens is 1. The molecule has 0 saturated carbocycles. The number of para-hydroxylation sites is 1. The Bertz CT molecular complexity index is 798. The lowest BCUT2D eigenvalue weighted by molar-refractivity contribution is 0.230. The number of hydrogen-bond acceptors (Lipinski definition) is 5. The first-order valence-electron chi connectivity index (χ1n) is 7.05. The van der Waals surface area contributed by atoms with E-state index in [2.05, 4.69) is 14.9 Å². The van der Waals surface area contributed by atoms with E-state index in [0.29, 0.717) is 24.4 Å². The van der Waals surface area contributed by atoms with Gasteiger partial charge in [-0.15, -0.1) is 11.3 Å². The maximum atomic E-state index is 11.9. The van der Waals surface area contributed by atoms with E-state index < -0.39 is 0 Å². The molecule has 2 heterocycles. The van der Waals surface area contributed by atoms with Gasteiger partial charge in [0, 0.05) is 6.54 Å². The molecule has 0 amide bonds. The topological polar surface area (TPSA) is 58.2 Å². The van der Waals surface area contributed by atoms with Crippen LogP contribution in [0.1, 0.15) is 5.82 Å². The third kappa shape index (κ3) is 3.52. The van der Waals surface area contributed by atoms with Gasteiger partial charge >= 0.3 is 0 Å². The van der Waals surface area contributed by atoms with Gasteiger partial charge in [0.05, 0.1) is 11.9 Å². The fraction of sp³-hybridized carbons (Fsp3) is 0.250. The van der Waals surface area contributed by atoms with Crippen LogP contribution >= 0.6 is 11.3 Å². The first-order valence-corrected chi connectivity index (χ1v) is 7.93. The van der Waals surface area contributed by atoms with E-state index >= 15 is 0 Å². The van der Waals surface area contributed by atoms with Crippen molar-refractivity contribution in [1.82, 2.24) is 14.9 Å². The molecular formula is C16H17N3O2S. The molecule has 3 rings (SSSR count). The van der Waals surface area contributed by atoms with Crippen LogP contribution in [0.5, 0.6) is 5.75 Å². The number of fused-ring (bicyclic) bond motifs is 1. The van der Waals surface area contributed by atoms with Crippen molar-refractivity contribution in [3.8, 4) is 5.75 Å². The standard InChI is InChI=1S/C16H17N3O2S/c1-19(8-9-21-12-5-3-2-4-6-12)11-14-17-15(20)13-7-10-22-16(13)18-14/h2-7,10H,8-9,11H2,1H3,(H,17,18,20). The SMILES string of the molecule is CN(CCOc1ccccc1)Cc1nc2sccc2c(=O)[nH]1. The number of aromatic amines is 1. The zero-order chi connectivity index (χ0) is 15.4. The Balaban J connectivity index is 1.56. The monoisotopic (exact) mass is 315 g/mol. The van der Waals surface area contributed by atoms with Crippen LogP contribution in [0, 0.1) is 0 Å². The van der Waals surface area contributed by atoms with Crippen molar-refractivity contribution in [1.29, 1.82) is 0 Å². The van der Waals surface area contributed by atoms with Gasteiger partial charge in [-0.3, -0.25) is 9.69 Å². The molecule has 0 aliphatic carbocycles. The van der Waals surface area contributed by atoms with Gasteiger partial charge in [-0.2, -0.15) is 0 Å². The molecule has 2 aromatic heterocycles. The van der Waals surface area contributed by atoms with Crippen LogP contribution in [0.15, 0.2) is 46.6 Å². The zero-order valence-corrected chi connectivity index (χ0v) is 13.1. The average molecular weight is 315 g/mol. The molecule has 0 saturated heterocycles. The van der Waals surface area contributed by atoms with Gasteiger partial charge in [-0.1, -0.05) is 18.2 Å². The van der Waals surface area contributed by atoms with Crippen LogP contribution in [-0.4, -0.2) is 35.1 Å². The molecule has 0 spiro atoms. The maximum absolute atomic E-state index is 11.9. The minimum absolute atomic E-state index is 0.0739. The van der Waals surface area contributed by atoms with Crippen LogP contribution in [0.3, 0.4) is 0 Å². The number of aromatic nitrogens is 2. The van der Waals surface area contributed by atoms with Crippen molar-refractivity contribution in [2.24, 2.45) is 0 Å². The van der Waals surface area contributed by atoms with E-state index in [4.69, 9.17) is 4.74 Å². The van der Waals surface area contributed by atoms with E-state index in [1.165, 1.54) is 11.3 Å². The van der Waals surface area contributed by atoms with Crippen molar-refractivity contribution in [2.75, 3.05) is 20.2 Å². The van der Waals surface area contributed by atoms with Crippen LogP contribution in [-0.2, 0) is 6.54 Å². The highest BCUT2D eigenvalue weighted by Gasteiger charge is 2.07. The maximum Gasteiger partial charge on any atom is 0.259 e. The van der Waals surface area contributed by atoms with E-state index in [1.54, 1.807) is 6.07 Å². The summed E-state index contributed by atoms with van der Waals surface area (Å²) in [5.74, 6) is 1.55. The molecule has 22 heavy (non-hydrogen) atoms. The predicted molar refractivity (Wildman–Crippen MR) is 88.5 cm³/mol. The predicted octanol–water partition coefficient (Wildman–Crippen LogP) is 2.50. The summed E-state index contributed by atoms with van der Waals surface area (Å²) in [5, 5.41) is 2.54. The number of benzene rings is 1. The molecule has 6 heteroatoms. The lowest BCUT2D eigenvalue weighted by Gasteiger charge is -2.16. The highest BCUT2D eigenvalue weighted by atomic mass is 32.1. The minimum Gasteiger partial charge on any atom is -0.492 e. The third-order valence-corrected chi connectivity index (χ3v) is 4.09. The number of rotatable bonds is 6. The second kappa shape index (κ2) is 6.72. The van der Waals surface area contributed by atoms with Crippen molar-refractivity contribution in [3.63, 3.8) is 0 Å². The number of likely N-dealkylation sites (N-methyl/N-ethyl adjacent to an activating group) is 1. The van der Waals surface area contributed by atoms with Gasteiger partial charge in [0.15, 0.2) is 0 Å². The van der Waals surface area contributed by atoms with Crippen LogP contribution in [0.4, 0.5) is 0 Å². The molecule has 0 fully saturated rings. The smallest absolute Gasteiger partial charge is 0.259 e. The molecule has 1 N–H and O–H groups in total. The van der Waals surface area contributed by atoms with Gasteiger partial charge in [-0.25, -0.2) is 4.98 Å². The van der Waals surface area contributed by atoms with Crippen molar-refractivity contribution < 1.29 is 4.74 Å². The largest absolute Gasteiger partial charge is 0.492 e. The quantitative estimate of drug-likeness (QED) is 0.759. The van der Waals surface area contributed by atoms with Gasteiger partial charge in [0.25, 0.3) is 5.56 Å². The third-order valence-electron chi connectivity index (χ3n) is 3.29. The second-order valence-corrected chi connectivity index (χ2v) is 5.95. The van der Waals surface area contributed by atoms with Gasteiger partial charge in [-0.05, 0) is 30.6 Å². The Morgan fingerprint density at radius 3 is 2.91 bits per heavy atom. The number of nitrogens with one attached hydrogen (secondary N) is 1. The summed E-state index contributed by atoms with van der Waals surface area (Å²) in [6, 6.07) is 11.5. The summed E-state index contributed by atoms with van der Waals surface area (Å²) in [4.78, 5) is 22.1. The summed E-state index contributed by atoms with van der Waals surface area (Å²) in [7, 11) is 1.98. The van der Waals surface area contributed by atoms with Gasteiger partial charge in [0.1, 0.15) is 23.0 Å². The summed E-state index contributed by atoms with van der Waals surface area (Å²) in [6.07, 6.45) is 0. The normalized spacial score (nSPS) is 11.2. The molecule has 1 aromatic carbocycles. The van der Waals surface area contributed by atoms with E-state index in [0.717, 1.165) is 17.1 Å². The summed E-state index contributed by atoms with van der Waals surface area (Å²) >= 11 is 1.48. The molecule has 0 atom stereocenters. The van der Waals surface area contributed by atoms with Crippen molar-refractivity contribution >= 4 is 21.6 Å². The average Bonchev–Trinajstić information content (AvgIpc) is 2.97. The summed E-state index contributed by atoms with van der Waals surface area (Å²) in [5.41, 5.74) is -0.0739. The molecule has 5 nitrogen and oxygen atoms in total. The molecule has 114 valence electrons. The first-order chi connectivity index (χ1) is 10.7. The van der Waals surface area contributed by atoms with Crippen LogP contribution in [0.25, 0.3) is 10.2 Å². The van der Waals surface area contributed by atoms with Crippen LogP contribution in [0.2, 0.25) is 0 Å². The number of ether oxygens (including phenoxy) is 1. The molecule has 3 aromatic rings. The van der Waals surface area contributed by atoms with E-state index in [1.807, 2.05) is 42.8 Å². The molecule has 0 aliphatic rings. The lowest BCUT2D eigenvalue weighted by Crippen LogP contribution is -2.26. The lowest BCUT2D eigenvalue weighted by atomic mass is 10.3. The number of hydrogen-bond donors (Lipinski definition) is 1. The van der Waals surface area contributed by atoms with Gasteiger partial charge < -0.3 is 9.72 Å². The fourth-order valence-corrected chi connectivity index (χ4v) is 2.94. The Hall–Kier alpha value is -2.18. The van der Waals surface area contributed by atoms with Crippen molar-refractivity contribution in [3.05, 3.63) is 58.0 Å². The highest BCUT2D eigenvalue weighted by molar-refractivity contribution is 7.16. The van der Waals surface area contributed by atoms with Gasteiger partial charge in [0.2, 0.25) is 0 Å². The van der Waals surface area contributed by atoms with Crippen LogP contribution < -0.4 is 10.3 Å². The Morgan fingerprint density at radius 1 is 1.27 bits per heavy atom. The Kier molecular flexibility index (Phi) is 4.50. The molecule has 0 radical (unpaired) electrons. The van der Waals surface area contributed by atoms with E-state index in [-0.39, 0.29) is 5.56 Å². The minimum atomic E-state index is -0.0739. The highest BCUT2D eigenvalue weighted by Crippen LogP contribution is 2.14. The molecular weight excluding hydrogens is 298 g/mol. The zero-order valence-electron chi connectivity index (χ0n) is 12.3. The number of nitrogens with zero attached hydrogens (tertiary/aromatic N) is 2. The molecule has 0 aliphatic heterocycles. The fourth-order valence-electron chi connectivity index (χ4n) is 2.16. The van der Waals surface area contributed by atoms with E-state index in [9.17, 15) is 4.79 Å². The number of thiophene rings is 1. The van der Waals surface area contributed by atoms with Crippen molar-refractivity contribution in [2.45, 2.75) is 6.54 Å². The molecule has 0 unspecified atom stereocenters. The first kappa shape index (κ1) is 14.7.